The van der Waals surface area contributed by atoms with Crippen LogP contribution in [0.3, 0.4) is 0 Å². The lowest BCUT2D eigenvalue weighted by Crippen LogP contribution is -2.46. The lowest BCUT2D eigenvalue weighted by Gasteiger charge is -2.17. The van der Waals surface area contributed by atoms with Crippen LogP contribution < -0.4 is 16.4 Å². The van der Waals surface area contributed by atoms with Crippen LogP contribution in [0.15, 0.2) is 48.5 Å². The Morgan fingerprint density at radius 2 is 1.80 bits per heavy atom. The summed E-state index contributed by atoms with van der Waals surface area (Å²) in [5.41, 5.74) is 8.06. The number of carbonyl (C=O) groups excluding carboxylic acids is 3. The van der Waals surface area contributed by atoms with Crippen LogP contribution >= 0.6 is 0 Å². The fraction of sp³-hybridized carbons (Fsp3) is 0.211. The third-order valence-electron chi connectivity index (χ3n) is 3.65. The SMILES string of the molecule is CC(=O)Nc1ccccc1C(=O)N[C@H](Cc1cccc(C)c1)C(N)=O. The van der Waals surface area contributed by atoms with Gasteiger partial charge in [-0.3, -0.25) is 14.4 Å². The normalized spacial score (nSPS) is 11.4. The van der Waals surface area contributed by atoms with E-state index in [2.05, 4.69) is 10.6 Å². The molecule has 0 aliphatic heterocycles. The number of primary amides is 1. The molecule has 130 valence electrons. The molecular formula is C19H21N3O3. The van der Waals surface area contributed by atoms with Gasteiger partial charge in [-0.25, -0.2) is 0 Å². The van der Waals surface area contributed by atoms with Crippen LogP contribution in [0.1, 0.15) is 28.4 Å². The van der Waals surface area contributed by atoms with Crippen LogP contribution in [0.5, 0.6) is 0 Å². The quantitative estimate of drug-likeness (QED) is 0.747. The zero-order valence-electron chi connectivity index (χ0n) is 14.2. The lowest BCUT2D eigenvalue weighted by atomic mass is 10.0. The van der Waals surface area contributed by atoms with Gasteiger partial charge < -0.3 is 16.4 Å². The van der Waals surface area contributed by atoms with Gasteiger partial charge in [-0.2, -0.15) is 0 Å². The summed E-state index contributed by atoms with van der Waals surface area (Å²) >= 11 is 0. The fourth-order valence-electron chi connectivity index (χ4n) is 2.51. The van der Waals surface area contributed by atoms with E-state index in [9.17, 15) is 14.4 Å². The number of anilines is 1. The number of rotatable bonds is 6. The highest BCUT2D eigenvalue weighted by Gasteiger charge is 2.21. The molecule has 0 radical (unpaired) electrons. The topological polar surface area (TPSA) is 101 Å². The highest BCUT2D eigenvalue weighted by molar-refractivity contribution is 6.04. The van der Waals surface area contributed by atoms with E-state index in [1.807, 2.05) is 31.2 Å². The molecule has 0 spiro atoms. The second-order valence-electron chi connectivity index (χ2n) is 5.85. The molecule has 0 fully saturated rings. The molecule has 2 rings (SSSR count). The van der Waals surface area contributed by atoms with Crippen LogP contribution in [0, 0.1) is 6.92 Å². The average Bonchev–Trinajstić information content (AvgIpc) is 2.54. The summed E-state index contributed by atoms with van der Waals surface area (Å²) in [4.78, 5) is 35.6. The molecule has 0 saturated carbocycles. The van der Waals surface area contributed by atoms with Gasteiger partial charge >= 0.3 is 0 Å². The summed E-state index contributed by atoms with van der Waals surface area (Å²) in [5, 5.41) is 5.25. The van der Waals surface area contributed by atoms with Crippen molar-refractivity contribution in [3.05, 3.63) is 65.2 Å². The van der Waals surface area contributed by atoms with Crippen molar-refractivity contribution in [1.29, 1.82) is 0 Å². The summed E-state index contributed by atoms with van der Waals surface area (Å²) in [7, 11) is 0. The van der Waals surface area contributed by atoms with E-state index in [0.717, 1.165) is 11.1 Å². The van der Waals surface area contributed by atoms with Crippen molar-refractivity contribution in [3.8, 4) is 0 Å². The van der Waals surface area contributed by atoms with E-state index in [-0.39, 0.29) is 11.5 Å². The Labute approximate surface area is 146 Å². The van der Waals surface area contributed by atoms with Gasteiger partial charge in [0.15, 0.2) is 0 Å². The minimum absolute atomic E-state index is 0.271. The van der Waals surface area contributed by atoms with Crippen LogP contribution in [0.2, 0.25) is 0 Å². The minimum atomic E-state index is -0.848. The molecule has 2 aromatic rings. The maximum Gasteiger partial charge on any atom is 0.254 e. The van der Waals surface area contributed by atoms with Crippen molar-refractivity contribution >= 4 is 23.4 Å². The van der Waals surface area contributed by atoms with E-state index in [0.29, 0.717) is 12.1 Å². The number of amides is 3. The Morgan fingerprint density at radius 1 is 1.08 bits per heavy atom. The first-order valence-corrected chi connectivity index (χ1v) is 7.89. The van der Waals surface area contributed by atoms with Gasteiger partial charge in [-0.15, -0.1) is 0 Å². The molecule has 0 aromatic heterocycles. The Balaban J connectivity index is 2.18. The second-order valence-corrected chi connectivity index (χ2v) is 5.85. The summed E-state index contributed by atoms with van der Waals surface area (Å²) in [6.45, 7) is 3.31. The van der Waals surface area contributed by atoms with Crippen molar-refractivity contribution in [2.24, 2.45) is 5.73 Å². The van der Waals surface area contributed by atoms with Gasteiger partial charge in [0, 0.05) is 13.3 Å². The van der Waals surface area contributed by atoms with Crippen molar-refractivity contribution in [2.45, 2.75) is 26.3 Å². The monoisotopic (exact) mass is 339 g/mol. The lowest BCUT2D eigenvalue weighted by molar-refractivity contribution is -0.119. The first-order chi connectivity index (χ1) is 11.9. The van der Waals surface area contributed by atoms with E-state index < -0.39 is 17.9 Å². The maximum atomic E-state index is 12.5. The molecule has 0 unspecified atom stereocenters. The summed E-state index contributed by atoms with van der Waals surface area (Å²) in [6, 6.07) is 13.4. The smallest absolute Gasteiger partial charge is 0.254 e. The first-order valence-electron chi connectivity index (χ1n) is 7.89. The Kier molecular flexibility index (Phi) is 5.89. The molecule has 4 N–H and O–H groups in total. The molecule has 0 aliphatic carbocycles. The van der Waals surface area contributed by atoms with Crippen molar-refractivity contribution in [3.63, 3.8) is 0 Å². The van der Waals surface area contributed by atoms with E-state index in [1.54, 1.807) is 24.3 Å². The van der Waals surface area contributed by atoms with E-state index in [4.69, 9.17) is 5.73 Å². The van der Waals surface area contributed by atoms with E-state index >= 15 is 0 Å². The number of benzene rings is 2. The van der Waals surface area contributed by atoms with Gasteiger partial charge in [0.1, 0.15) is 6.04 Å². The summed E-state index contributed by atoms with van der Waals surface area (Å²) in [6.07, 6.45) is 0.297. The molecule has 1 atom stereocenters. The van der Waals surface area contributed by atoms with Crippen molar-refractivity contribution in [1.82, 2.24) is 5.32 Å². The van der Waals surface area contributed by atoms with Gasteiger partial charge in [-0.05, 0) is 24.6 Å². The number of nitrogens with one attached hydrogen (secondary N) is 2. The van der Waals surface area contributed by atoms with Gasteiger partial charge in [0.05, 0.1) is 11.3 Å². The molecule has 6 nitrogen and oxygen atoms in total. The van der Waals surface area contributed by atoms with Crippen molar-refractivity contribution < 1.29 is 14.4 Å². The number of carbonyl (C=O) groups is 3. The van der Waals surface area contributed by atoms with Gasteiger partial charge in [-0.1, -0.05) is 42.0 Å². The molecule has 25 heavy (non-hydrogen) atoms. The maximum absolute atomic E-state index is 12.5. The number of hydrogen-bond acceptors (Lipinski definition) is 3. The number of para-hydroxylation sites is 1. The summed E-state index contributed by atoms with van der Waals surface area (Å²) < 4.78 is 0. The van der Waals surface area contributed by atoms with Gasteiger partial charge in [0.25, 0.3) is 5.91 Å². The zero-order valence-corrected chi connectivity index (χ0v) is 14.2. The Bertz CT molecular complexity index is 802. The predicted molar refractivity (Wildman–Crippen MR) is 96.1 cm³/mol. The predicted octanol–water partition coefficient (Wildman–Crippen LogP) is 1.78. The molecule has 0 heterocycles. The zero-order chi connectivity index (χ0) is 18.4. The average molecular weight is 339 g/mol. The number of hydrogen-bond donors (Lipinski definition) is 3. The second kappa shape index (κ2) is 8.10. The minimum Gasteiger partial charge on any atom is -0.368 e. The van der Waals surface area contributed by atoms with E-state index in [1.165, 1.54) is 6.92 Å². The fourth-order valence-corrected chi connectivity index (χ4v) is 2.51. The van der Waals surface area contributed by atoms with Crippen LogP contribution in [0.4, 0.5) is 5.69 Å². The van der Waals surface area contributed by atoms with Crippen LogP contribution in [-0.4, -0.2) is 23.8 Å². The molecule has 3 amide bonds. The molecule has 0 saturated heterocycles. The van der Waals surface area contributed by atoms with Crippen LogP contribution in [0.25, 0.3) is 0 Å². The summed E-state index contributed by atoms with van der Waals surface area (Å²) in [5.74, 6) is -1.38. The Morgan fingerprint density at radius 3 is 2.44 bits per heavy atom. The largest absolute Gasteiger partial charge is 0.368 e. The Hall–Kier alpha value is -3.15. The van der Waals surface area contributed by atoms with Gasteiger partial charge in [0.2, 0.25) is 11.8 Å². The third-order valence-corrected chi connectivity index (χ3v) is 3.65. The number of nitrogens with two attached hydrogens (primary N) is 1. The highest BCUT2D eigenvalue weighted by Crippen LogP contribution is 2.15. The standard InChI is InChI=1S/C19H21N3O3/c1-12-6-5-7-14(10-12)11-17(18(20)24)22-19(25)15-8-3-4-9-16(15)21-13(2)23/h3-10,17H,11H2,1-2H3,(H2,20,24)(H,21,23)(H,22,25)/t17-/m1/s1. The number of aryl methyl sites for hydroxylation is 1. The molecule has 6 heteroatoms. The molecule has 0 bridgehead atoms. The third kappa shape index (κ3) is 5.17. The first kappa shape index (κ1) is 18.2. The molecule has 0 aliphatic rings. The van der Waals surface area contributed by atoms with Crippen LogP contribution in [-0.2, 0) is 16.0 Å². The molecular weight excluding hydrogens is 318 g/mol. The van der Waals surface area contributed by atoms with Crippen molar-refractivity contribution in [2.75, 3.05) is 5.32 Å². The highest BCUT2D eigenvalue weighted by atomic mass is 16.2. The molecule has 2 aromatic carbocycles.